The van der Waals surface area contributed by atoms with E-state index in [0.29, 0.717) is 12.2 Å². The molecule has 1 N–H and O–H groups in total. The maximum Gasteiger partial charge on any atom is 0.413 e. The summed E-state index contributed by atoms with van der Waals surface area (Å²) in [6.45, 7) is 3.89. The van der Waals surface area contributed by atoms with Crippen molar-refractivity contribution in [3.8, 4) is 5.75 Å². The van der Waals surface area contributed by atoms with Gasteiger partial charge in [-0.25, -0.2) is 9.59 Å². The maximum absolute atomic E-state index is 12.3. The van der Waals surface area contributed by atoms with Gasteiger partial charge in [0.1, 0.15) is 5.75 Å². The molecule has 6 heteroatoms. The summed E-state index contributed by atoms with van der Waals surface area (Å²) < 4.78 is 9.96. The zero-order valence-corrected chi connectivity index (χ0v) is 15.0. The van der Waals surface area contributed by atoms with Gasteiger partial charge in [0, 0.05) is 6.42 Å². The molecule has 0 aromatic heterocycles. The van der Waals surface area contributed by atoms with E-state index in [0.717, 1.165) is 25.7 Å². The van der Waals surface area contributed by atoms with Crippen LogP contribution in [-0.4, -0.2) is 30.5 Å². The molecule has 1 aromatic carbocycles. The SMILES string of the molecule is CCCCCCCC(=O)C(NC(=O)Oc1ccccc1)C(=O)OCC. The van der Waals surface area contributed by atoms with Gasteiger partial charge < -0.3 is 14.8 Å². The number of amides is 1. The van der Waals surface area contributed by atoms with Crippen molar-refractivity contribution in [1.82, 2.24) is 5.32 Å². The molecule has 25 heavy (non-hydrogen) atoms. The van der Waals surface area contributed by atoms with E-state index in [1.165, 1.54) is 0 Å². The number of rotatable bonds is 11. The van der Waals surface area contributed by atoms with E-state index in [9.17, 15) is 14.4 Å². The molecule has 0 aliphatic carbocycles. The zero-order valence-electron chi connectivity index (χ0n) is 15.0. The van der Waals surface area contributed by atoms with Crippen molar-refractivity contribution in [1.29, 1.82) is 0 Å². The molecule has 0 bridgehead atoms. The Hall–Kier alpha value is -2.37. The second-order valence-electron chi connectivity index (χ2n) is 5.66. The largest absolute Gasteiger partial charge is 0.464 e. The lowest BCUT2D eigenvalue weighted by Crippen LogP contribution is -2.48. The highest BCUT2D eigenvalue weighted by atomic mass is 16.6. The third-order valence-electron chi connectivity index (χ3n) is 3.59. The van der Waals surface area contributed by atoms with Crippen molar-refractivity contribution in [3.63, 3.8) is 0 Å². The van der Waals surface area contributed by atoms with Crippen LogP contribution in [0.4, 0.5) is 4.79 Å². The van der Waals surface area contributed by atoms with E-state index in [2.05, 4.69) is 12.2 Å². The van der Waals surface area contributed by atoms with E-state index < -0.39 is 18.1 Å². The quantitative estimate of drug-likeness (QED) is 0.375. The third-order valence-corrected chi connectivity index (χ3v) is 3.59. The minimum atomic E-state index is -1.33. The molecule has 0 aliphatic rings. The second kappa shape index (κ2) is 12.1. The van der Waals surface area contributed by atoms with Crippen LogP contribution in [-0.2, 0) is 14.3 Å². The van der Waals surface area contributed by atoms with Gasteiger partial charge in [-0.05, 0) is 25.5 Å². The van der Waals surface area contributed by atoms with Gasteiger partial charge in [0.15, 0.2) is 11.8 Å². The van der Waals surface area contributed by atoms with Crippen molar-refractivity contribution < 1.29 is 23.9 Å². The van der Waals surface area contributed by atoms with Crippen LogP contribution in [0.15, 0.2) is 30.3 Å². The molecular weight excluding hydrogens is 322 g/mol. The van der Waals surface area contributed by atoms with Gasteiger partial charge in [-0.1, -0.05) is 50.8 Å². The van der Waals surface area contributed by atoms with Gasteiger partial charge in [-0.3, -0.25) is 4.79 Å². The number of esters is 1. The number of carbonyl (C=O) groups excluding carboxylic acids is 3. The normalized spacial score (nSPS) is 11.4. The Morgan fingerprint density at radius 3 is 2.32 bits per heavy atom. The molecule has 138 valence electrons. The Kier molecular flexibility index (Phi) is 9.97. The van der Waals surface area contributed by atoms with E-state index in [1.807, 2.05) is 0 Å². The highest BCUT2D eigenvalue weighted by molar-refractivity contribution is 6.05. The summed E-state index contributed by atoms with van der Waals surface area (Å²) in [4.78, 5) is 36.3. The number of hydrogen-bond acceptors (Lipinski definition) is 5. The summed E-state index contributed by atoms with van der Waals surface area (Å²) in [7, 11) is 0. The number of ether oxygens (including phenoxy) is 2. The molecule has 0 saturated carbocycles. The lowest BCUT2D eigenvalue weighted by atomic mass is 10.0. The van der Waals surface area contributed by atoms with Crippen LogP contribution in [0.25, 0.3) is 0 Å². The van der Waals surface area contributed by atoms with Crippen LogP contribution in [0.2, 0.25) is 0 Å². The Balaban J connectivity index is 2.58. The molecule has 1 rings (SSSR count). The molecule has 0 radical (unpaired) electrons. The molecule has 1 aromatic rings. The average Bonchev–Trinajstić information content (AvgIpc) is 2.60. The lowest BCUT2D eigenvalue weighted by molar-refractivity contribution is -0.148. The predicted octanol–water partition coefficient (Wildman–Crippen LogP) is 3.64. The maximum atomic E-state index is 12.3. The van der Waals surface area contributed by atoms with Gasteiger partial charge in [-0.2, -0.15) is 0 Å². The van der Waals surface area contributed by atoms with Crippen LogP contribution in [0.3, 0.4) is 0 Å². The van der Waals surface area contributed by atoms with Crippen LogP contribution in [0.5, 0.6) is 5.75 Å². The molecule has 0 spiro atoms. The standard InChI is InChI=1S/C19H27NO5/c1-3-5-6-7-11-14-16(21)17(18(22)24-4-2)20-19(23)25-15-12-9-8-10-13-15/h8-10,12-13,17H,3-7,11,14H2,1-2H3,(H,20,23). The van der Waals surface area contributed by atoms with Gasteiger partial charge >= 0.3 is 12.1 Å². The summed E-state index contributed by atoms with van der Waals surface area (Å²) in [5.74, 6) is -0.791. The van der Waals surface area contributed by atoms with Crippen molar-refractivity contribution in [2.45, 2.75) is 58.4 Å². The van der Waals surface area contributed by atoms with E-state index in [1.54, 1.807) is 37.3 Å². The van der Waals surface area contributed by atoms with Crippen molar-refractivity contribution in [3.05, 3.63) is 30.3 Å². The summed E-state index contributed by atoms with van der Waals surface area (Å²) in [6, 6.07) is 7.10. The average molecular weight is 349 g/mol. The van der Waals surface area contributed by atoms with Crippen molar-refractivity contribution >= 4 is 17.8 Å². The van der Waals surface area contributed by atoms with Crippen LogP contribution in [0.1, 0.15) is 52.4 Å². The third kappa shape index (κ3) is 8.33. The fourth-order valence-electron chi connectivity index (χ4n) is 2.29. The molecule has 6 nitrogen and oxygen atoms in total. The minimum absolute atomic E-state index is 0.133. The van der Waals surface area contributed by atoms with Gasteiger partial charge in [-0.15, -0.1) is 0 Å². The van der Waals surface area contributed by atoms with E-state index in [4.69, 9.17) is 9.47 Å². The second-order valence-corrected chi connectivity index (χ2v) is 5.66. The fourth-order valence-corrected chi connectivity index (χ4v) is 2.29. The topological polar surface area (TPSA) is 81.7 Å². The number of Topliss-reactive ketones (excluding diaryl/α,β-unsaturated/α-hetero) is 1. The Bertz CT molecular complexity index is 544. The van der Waals surface area contributed by atoms with Crippen molar-refractivity contribution in [2.75, 3.05) is 6.61 Å². The first-order chi connectivity index (χ1) is 12.1. The van der Waals surface area contributed by atoms with Crippen LogP contribution >= 0.6 is 0 Å². The number of unbranched alkanes of at least 4 members (excludes halogenated alkanes) is 4. The highest BCUT2D eigenvalue weighted by Gasteiger charge is 2.29. The summed E-state index contributed by atoms with van der Waals surface area (Å²) in [6.07, 6.45) is 4.26. The number of carbonyl (C=O) groups is 3. The van der Waals surface area contributed by atoms with Crippen LogP contribution in [0, 0.1) is 0 Å². The molecule has 1 atom stereocenters. The van der Waals surface area contributed by atoms with Crippen LogP contribution < -0.4 is 10.1 Å². The monoisotopic (exact) mass is 349 g/mol. The molecular formula is C19H27NO5. The fraction of sp³-hybridized carbons (Fsp3) is 0.526. The summed E-state index contributed by atoms with van der Waals surface area (Å²) >= 11 is 0. The first-order valence-corrected chi connectivity index (χ1v) is 8.81. The zero-order chi connectivity index (χ0) is 18.5. The number of nitrogens with one attached hydrogen (secondary N) is 1. The van der Waals surface area contributed by atoms with Gasteiger partial charge in [0.2, 0.25) is 0 Å². The molecule has 0 fully saturated rings. The van der Waals surface area contributed by atoms with Gasteiger partial charge in [0.05, 0.1) is 6.61 Å². The highest BCUT2D eigenvalue weighted by Crippen LogP contribution is 2.10. The lowest BCUT2D eigenvalue weighted by Gasteiger charge is -2.16. The minimum Gasteiger partial charge on any atom is -0.464 e. The Labute approximate surface area is 148 Å². The first kappa shape index (κ1) is 20.7. The smallest absolute Gasteiger partial charge is 0.413 e. The first-order valence-electron chi connectivity index (χ1n) is 8.81. The summed E-state index contributed by atoms with van der Waals surface area (Å²) in [5, 5.41) is 2.32. The molecule has 1 amide bonds. The van der Waals surface area contributed by atoms with E-state index in [-0.39, 0.29) is 18.8 Å². The number of para-hydroxylation sites is 1. The number of hydrogen-bond donors (Lipinski definition) is 1. The Morgan fingerprint density at radius 2 is 1.68 bits per heavy atom. The molecule has 0 aliphatic heterocycles. The molecule has 0 saturated heterocycles. The van der Waals surface area contributed by atoms with Gasteiger partial charge in [0.25, 0.3) is 0 Å². The predicted molar refractivity (Wildman–Crippen MR) is 94.4 cm³/mol. The van der Waals surface area contributed by atoms with E-state index >= 15 is 0 Å². The molecule has 0 heterocycles. The summed E-state index contributed by atoms with van der Waals surface area (Å²) in [5.41, 5.74) is 0. The number of ketones is 1. The van der Waals surface area contributed by atoms with Crippen molar-refractivity contribution in [2.24, 2.45) is 0 Å². The molecule has 1 unspecified atom stereocenters. The Morgan fingerprint density at radius 1 is 1.00 bits per heavy atom. The number of benzene rings is 1.